The smallest absolute Gasteiger partial charge is 0.338 e. The largest absolute Gasteiger partial charge is 0.462 e. The van der Waals surface area contributed by atoms with Gasteiger partial charge >= 0.3 is 5.97 Å². The first-order valence-corrected chi connectivity index (χ1v) is 12.6. The number of fused-ring (bicyclic) bond motifs is 1. The van der Waals surface area contributed by atoms with Gasteiger partial charge in [-0.15, -0.1) is 0 Å². The highest BCUT2D eigenvalue weighted by atomic mass is 32.2. The van der Waals surface area contributed by atoms with Crippen LogP contribution in [0.4, 0.5) is 0 Å². The van der Waals surface area contributed by atoms with Gasteiger partial charge in [0.05, 0.1) is 40.5 Å². The Bertz CT molecular complexity index is 1370. The van der Waals surface area contributed by atoms with Crippen molar-refractivity contribution < 1.29 is 27.5 Å². The van der Waals surface area contributed by atoms with E-state index in [1.54, 1.807) is 36.7 Å². The summed E-state index contributed by atoms with van der Waals surface area (Å²) in [6, 6.07) is 10.9. The lowest BCUT2D eigenvalue weighted by Crippen LogP contribution is -2.40. The Balaban J connectivity index is 1.60. The third-order valence-corrected chi connectivity index (χ3v) is 8.23. The van der Waals surface area contributed by atoms with Crippen LogP contribution in [0.15, 0.2) is 52.4 Å². The summed E-state index contributed by atoms with van der Waals surface area (Å²) in [4.78, 5) is 29.5. The number of morpholine rings is 1. The first-order chi connectivity index (χ1) is 15.8. The molecule has 1 amide bonds. The van der Waals surface area contributed by atoms with Gasteiger partial charge in [-0.2, -0.15) is 9.30 Å². The van der Waals surface area contributed by atoms with Crippen molar-refractivity contribution in [3.05, 3.63) is 58.4 Å². The third-order valence-electron chi connectivity index (χ3n) is 5.23. The Morgan fingerprint density at radius 3 is 2.42 bits per heavy atom. The number of ether oxygens (including phenoxy) is 2. The van der Waals surface area contributed by atoms with Gasteiger partial charge in [0, 0.05) is 25.7 Å². The number of esters is 1. The average molecular weight is 490 g/mol. The number of benzene rings is 2. The normalized spacial score (nSPS) is 15.6. The van der Waals surface area contributed by atoms with Gasteiger partial charge < -0.3 is 14.0 Å². The lowest BCUT2D eigenvalue weighted by molar-refractivity contribution is 0.0526. The van der Waals surface area contributed by atoms with Crippen LogP contribution in [0.5, 0.6) is 0 Å². The van der Waals surface area contributed by atoms with E-state index in [0.717, 1.165) is 10.2 Å². The molecule has 4 rings (SSSR count). The molecule has 0 aliphatic carbocycles. The molecule has 0 unspecified atom stereocenters. The van der Waals surface area contributed by atoms with Crippen molar-refractivity contribution in [3.63, 3.8) is 0 Å². The number of aryl methyl sites for hydroxylation is 1. The molecule has 174 valence electrons. The van der Waals surface area contributed by atoms with Crippen molar-refractivity contribution in [1.82, 2.24) is 8.87 Å². The first-order valence-electron chi connectivity index (χ1n) is 10.3. The molecule has 1 aliphatic rings. The predicted octanol–water partition coefficient (Wildman–Crippen LogP) is 2.18. The molecule has 0 bridgehead atoms. The molecule has 9 nitrogen and oxygen atoms in total. The molecule has 1 aromatic heterocycles. The Morgan fingerprint density at radius 2 is 1.76 bits per heavy atom. The summed E-state index contributed by atoms with van der Waals surface area (Å²) in [5.41, 5.74) is 1.54. The monoisotopic (exact) mass is 489 g/mol. The zero-order valence-corrected chi connectivity index (χ0v) is 19.8. The topological polar surface area (TPSA) is 107 Å². The van der Waals surface area contributed by atoms with Crippen molar-refractivity contribution in [2.45, 2.75) is 11.8 Å². The van der Waals surface area contributed by atoms with Crippen LogP contribution in [0.2, 0.25) is 0 Å². The Labute approximate surface area is 194 Å². The second kappa shape index (κ2) is 9.56. The molecule has 0 spiro atoms. The van der Waals surface area contributed by atoms with E-state index in [2.05, 4.69) is 4.99 Å². The highest BCUT2D eigenvalue weighted by Crippen LogP contribution is 2.20. The number of hydrogen-bond donors (Lipinski definition) is 0. The molecular weight excluding hydrogens is 466 g/mol. The molecule has 0 saturated carbocycles. The highest BCUT2D eigenvalue weighted by molar-refractivity contribution is 7.89. The van der Waals surface area contributed by atoms with Crippen molar-refractivity contribution in [3.8, 4) is 0 Å². The molecule has 1 saturated heterocycles. The van der Waals surface area contributed by atoms with Gasteiger partial charge in [-0.3, -0.25) is 4.79 Å². The molecule has 0 atom stereocenters. The number of thiazole rings is 1. The van der Waals surface area contributed by atoms with E-state index in [4.69, 9.17) is 9.47 Å². The van der Waals surface area contributed by atoms with E-state index < -0.39 is 21.9 Å². The van der Waals surface area contributed by atoms with E-state index >= 15 is 0 Å². The molecule has 33 heavy (non-hydrogen) atoms. The minimum Gasteiger partial charge on any atom is -0.462 e. The summed E-state index contributed by atoms with van der Waals surface area (Å²) < 4.78 is 39.7. The van der Waals surface area contributed by atoms with Crippen molar-refractivity contribution >= 4 is 43.5 Å². The van der Waals surface area contributed by atoms with Crippen molar-refractivity contribution in [2.24, 2.45) is 12.0 Å². The van der Waals surface area contributed by atoms with E-state index in [0.29, 0.717) is 36.7 Å². The lowest BCUT2D eigenvalue weighted by Gasteiger charge is -2.26. The average Bonchev–Trinajstić information content (AvgIpc) is 3.14. The van der Waals surface area contributed by atoms with Gasteiger partial charge in [0.2, 0.25) is 10.0 Å². The van der Waals surface area contributed by atoms with Gasteiger partial charge in [-0.25, -0.2) is 13.2 Å². The van der Waals surface area contributed by atoms with Gasteiger partial charge in [-0.05, 0) is 49.4 Å². The van der Waals surface area contributed by atoms with Gasteiger partial charge in [0.1, 0.15) is 0 Å². The van der Waals surface area contributed by atoms with Gasteiger partial charge in [-0.1, -0.05) is 11.3 Å². The van der Waals surface area contributed by atoms with Crippen molar-refractivity contribution in [2.75, 3.05) is 32.9 Å². The molecule has 2 heterocycles. The summed E-state index contributed by atoms with van der Waals surface area (Å²) in [5, 5.41) is 0. The fourth-order valence-electron chi connectivity index (χ4n) is 3.44. The fourth-order valence-corrected chi connectivity index (χ4v) is 5.90. The summed E-state index contributed by atoms with van der Waals surface area (Å²) in [6.07, 6.45) is 0. The van der Waals surface area contributed by atoms with Gasteiger partial charge in [0.15, 0.2) is 4.80 Å². The first kappa shape index (κ1) is 23.3. The summed E-state index contributed by atoms with van der Waals surface area (Å²) >= 11 is 1.28. The molecule has 3 aromatic rings. The molecule has 11 heteroatoms. The number of hydrogen-bond acceptors (Lipinski definition) is 7. The van der Waals surface area contributed by atoms with Crippen LogP contribution < -0.4 is 4.80 Å². The molecule has 1 aliphatic heterocycles. The molecule has 1 fully saturated rings. The standard InChI is InChI=1S/C22H23N3O6S2/c1-3-31-21(27)16-6-9-18-19(14-16)32-22(24(18)2)23-20(26)15-4-7-17(8-5-15)33(28,29)25-10-12-30-13-11-25/h4-9,14H,3,10-13H2,1-2H3. The molecular formula is C22H23N3O6S2. The van der Waals surface area contributed by atoms with Crippen LogP contribution in [0.1, 0.15) is 27.6 Å². The van der Waals surface area contributed by atoms with Crippen LogP contribution in [-0.4, -0.2) is 62.1 Å². The summed E-state index contributed by atoms with van der Waals surface area (Å²) in [7, 11) is -1.85. The maximum absolute atomic E-state index is 12.7. The zero-order valence-electron chi connectivity index (χ0n) is 18.2. The van der Waals surface area contributed by atoms with Crippen LogP contribution in [0.3, 0.4) is 0 Å². The number of rotatable bonds is 5. The van der Waals surface area contributed by atoms with Crippen LogP contribution in [0, 0.1) is 0 Å². The Morgan fingerprint density at radius 1 is 1.09 bits per heavy atom. The SMILES string of the molecule is CCOC(=O)c1ccc2c(c1)sc(=NC(=O)c1ccc(S(=O)(=O)N3CCOCC3)cc1)n2C. The predicted molar refractivity (Wildman–Crippen MR) is 123 cm³/mol. The minimum absolute atomic E-state index is 0.125. The quantitative estimate of drug-likeness (QED) is 0.509. The van der Waals surface area contributed by atoms with Gasteiger partial charge in [0.25, 0.3) is 5.91 Å². The number of carbonyl (C=O) groups is 2. The third kappa shape index (κ3) is 4.76. The van der Waals surface area contributed by atoms with Crippen LogP contribution >= 0.6 is 11.3 Å². The second-order valence-corrected chi connectivity index (χ2v) is 10.3. The highest BCUT2D eigenvalue weighted by Gasteiger charge is 2.26. The Kier molecular flexibility index (Phi) is 6.75. The summed E-state index contributed by atoms with van der Waals surface area (Å²) in [6.45, 7) is 3.37. The van der Waals surface area contributed by atoms with E-state index in [1.807, 2.05) is 0 Å². The molecule has 0 N–H and O–H groups in total. The zero-order chi connectivity index (χ0) is 23.6. The number of nitrogens with zero attached hydrogens (tertiary/aromatic N) is 3. The minimum atomic E-state index is -3.63. The van der Waals surface area contributed by atoms with E-state index in [1.165, 1.54) is 39.9 Å². The molecule has 2 aromatic carbocycles. The Hall–Kier alpha value is -2.86. The summed E-state index contributed by atoms with van der Waals surface area (Å²) in [5.74, 6) is -0.893. The maximum atomic E-state index is 12.7. The fraction of sp³-hybridized carbons (Fsp3) is 0.318. The van der Waals surface area contributed by atoms with E-state index in [-0.39, 0.29) is 17.1 Å². The second-order valence-electron chi connectivity index (χ2n) is 7.30. The van der Waals surface area contributed by atoms with Crippen molar-refractivity contribution in [1.29, 1.82) is 0 Å². The van der Waals surface area contributed by atoms with Crippen LogP contribution in [0.25, 0.3) is 10.2 Å². The number of sulfonamides is 1. The number of carbonyl (C=O) groups excluding carboxylic acids is 2. The number of amides is 1. The van der Waals surface area contributed by atoms with Crippen LogP contribution in [-0.2, 0) is 26.5 Å². The maximum Gasteiger partial charge on any atom is 0.338 e. The molecule has 0 radical (unpaired) electrons. The lowest BCUT2D eigenvalue weighted by atomic mass is 10.2. The number of aromatic nitrogens is 1. The van der Waals surface area contributed by atoms with E-state index in [9.17, 15) is 18.0 Å².